The molecule has 3 rings (SSSR count). The summed E-state index contributed by atoms with van der Waals surface area (Å²) in [6, 6.07) is 4.05. The minimum atomic E-state index is -0.0570. The second-order valence-electron chi connectivity index (χ2n) is 5.02. The number of carbonyl (C=O) groups excluding carboxylic acids is 1. The fourth-order valence-electron chi connectivity index (χ4n) is 2.99. The van der Waals surface area contributed by atoms with E-state index >= 15 is 0 Å². The lowest BCUT2D eigenvalue weighted by Gasteiger charge is -2.29. The van der Waals surface area contributed by atoms with Gasteiger partial charge in [0.2, 0.25) is 0 Å². The number of aldehydes is 1. The highest BCUT2D eigenvalue weighted by Crippen LogP contribution is 2.42. The number of hydrogen-bond acceptors (Lipinski definition) is 3. The molecule has 0 saturated carbocycles. The molecule has 0 aliphatic heterocycles. The Bertz CT molecular complexity index is 622. The molecule has 2 atom stereocenters. The second kappa shape index (κ2) is 5.06. The number of fused-ring (bicyclic) bond motifs is 1. The van der Waals surface area contributed by atoms with Crippen LogP contribution in [0.25, 0.3) is 0 Å². The summed E-state index contributed by atoms with van der Waals surface area (Å²) in [5.74, 6) is 0.245. The van der Waals surface area contributed by atoms with Gasteiger partial charge in [-0.3, -0.25) is 4.98 Å². The number of carbonyl (C=O) groups is 1. The number of aromatic nitrogens is 1. The molecule has 98 valence electrons. The molecule has 2 nitrogen and oxygen atoms in total. The van der Waals surface area contributed by atoms with Crippen molar-refractivity contribution in [3.63, 3.8) is 0 Å². The van der Waals surface area contributed by atoms with E-state index in [-0.39, 0.29) is 5.92 Å². The van der Waals surface area contributed by atoms with E-state index in [1.807, 2.05) is 17.6 Å². The van der Waals surface area contributed by atoms with E-state index in [9.17, 15) is 4.79 Å². The smallest absolute Gasteiger partial charge is 0.127 e. The van der Waals surface area contributed by atoms with Gasteiger partial charge in [0.1, 0.15) is 6.29 Å². The van der Waals surface area contributed by atoms with Gasteiger partial charge in [-0.15, -0.1) is 11.3 Å². The highest BCUT2D eigenvalue weighted by atomic mass is 35.5. The van der Waals surface area contributed by atoms with Gasteiger partial charge in [0, 0.05) is 17.8 Å². The van der Waals surface area contributed by atoms with Crippen molar-refractivity contribution in [3.8, 4) is 0 Å². The van der Waals surface area contributed by atoms with Crippen molar-refractivity contribution in [2.45, 2.75) is 31.6 Å². The van der Waals surface area contributed by atoms with Crippen LogP contribution in [0.4, 0.5) is 0 Å². The number of pyridine rings is 1. The summed E-state index contributed by atoms with van der Waals surface area (Å²) < 4.78 is 0.839. The lowest BCUT2D eigenvalue weighted by molar-refractivity contribution is -0.109. The number of halogens is 1. The largest absolute Gasteiger partial charge is 0.303 e. The molecule has 2 aromatic heterocycles. The first-order valence-corrected chi connectivity index (χ1v) is 7.59. The fraction of sp³-hybridized carbons (Fsp3) is 0.333. The van der Waals surface area contributed by atoms with Crippen LogP contribution in [0.1, 0.15) is 40.6 Å². The normalized spacial score (nSPS) is 22.0. The summed E-state index contributed by atoms with van der Waals surface area (Å²) in [6.45, 7) is 2.05. The third kappa shape index (κ3) is 2.21. The Morgan fingerprint density at radius 1 is 1.47 bits per heavy atom. The predicted octanol–water partition coefficient (Wildman–Crippen LogP) is 4.12. The molecule has 0 amide bonds. The van der Waals surface area contributed by atoms with Gasteiger partial charge < -0.3 is 4.79 Å². The molecule has 0 bridgehead atoms. The van der Waals surface area contributed by atoms with Crippen LogP contribution in [0.2, 0.25) is 4.34 Å². The molecular formula is C15H14ClNOS. The van der Waals surface area contributed by atoms with Crippen LogP contribution in [0.5, 0.6) is 0 Å². The predicted molar refractivity (Wildman–Crippen MR) is 78.2 cm³/mol. The third-order valence-electron chi connectivity index (χ3n) is 3.89. The van der Waals surface area contributed by atoms with Gasteiger partial charge >= 0.3 is 0 Å². The zero-order chi connectivity index (χ0) is 13.4. The van der Waals surface area contributed by atoms with Gasteiger partial charge in [-0.05, 0) is 59.9 Å². The van der Waals surface area contributed by atoms with E-state index in [0.717, 1.165) is 45.8 Å². The van der Waals surface area contributed by atoms with Crippen molar-refractivity contribution >= 4 is 29.2 Å². The quantitative estimate of drug-likeness (QED) is 0.779. The van der Waals surface area contributed by atoms with Crippen LogP contribution in [-0.4, -0.2) is 11.3 Å². The third-order valence-corrected chi connectivity index (χ3v) is 5.09. The van der Waals surface area contributed by atoms with Crippen LogP contribution in [0.3, 0.4) is 0 Å². The zero-order valence-electron chi connectivity index (χ0n) is 10.6. The zero-order valence-corrected chi connectivity index (χ0v) is 12.2. The van der Waals surface area contributed by atoms with Gasteiger partial charge in [-0.1, -0.05) is 11.6 Å². The van der Waals surface area contributed by atoms with Gasteiger partial charge in [-0.25, -0.2) is 0 Å². The Hall–Kier alpha value is -1.19. The average Bonchev–Trinajstić information content (AvgIpc) is 2.84. The monoisotopic (exact) mass is 291 g/mol. The van der Waals surface area contributed by atoms with Crippen molar-refractivity contribution in [2.75, 3.05) is 0 Å². The number of rotatable bonds is 2. The van der Waals surface area contributed by atoms with Crippen molar-refractivity contribution < 1.29 is 4.79 Å². The summed E-state index contributed by atoms with van der Waals surface area (Å²) in [5, 5.41) is 2.01. The van der Waals surface area contributed by atoms with E-state index in [2.05, 4.69) is 18.0 Å². The first kappa shape index (κ1) is 12.8. The van der Waals surface area contributed by atoms with Crippen molar-refractivity contribution in [2.24, 2.45) is 0 Å². The van der Waals surface area contributed by atoms with Gasteiger partial charge in [-0.2, -0.15) is 0 Å². The first-order chi connectivity index (χ1) is 9.20. The molecule has 2 heterocycles. The number of hydrogen-bond donors (Lipinski definition) is 0. The second-order valence-corrected chi connectivity index (χ2v) is 6.54. The van der Waals surface area contributed by atoms with E-state index in [4.69, 9.17) is 11.6 Å². The minimum absolute atomic E-state index is 0.0570. The molecule has 0 fully saturated rings. The molecule has 0 radical (unpaired) electrons. The molecular weight excluding hydrogens is 278 g/mol. The molecule has 1 aliphatic carbocycles. The van der Waals surface area contributed by atoms with Crippen LogP contribution in [0, 0.1) is 6.92 Å². The topological polar surface area (TPSA) is 30.0 Å². The minimum Gasteiger partial charge on any atom is -0.303 e. The van der Waals surface area contributed by atoms with Crippen molar-refractivity contribution in [3.05, 3.63) is 50.4 Å². The van der Waals surface area contributed by atoms with E-state index in [1.54, 1.807) is 11.3 Å². The molecule has 0 N–H and O–H groups in total. The summed E-state index contributed by atoms with van der Waals surface area (Å²) in [6.07, 6.45) is 4.59. The fourth-order valence-corrected chi connectivity index (χ4v) is 4.07. The Kier molecular flexibility index (Phi) is 3.42. The summed E-state index contributed by atoms with van der Waals surface area (Å²) in [7, 11) is 0. The summed E-state index contributed by atoms with van der Waals surface area (Å²) in [5.41, 5.74) is 4.50. The maximum absolute atomic E-state index is 11.4. The van der Waals surface area contributed by atoms with Gasteiger partial charge in [0.25, 0.3) is 0 Å². The highest BCUT2D eigenvalue weighted by Gasteiger charge is 2.30. The SMILES string of the molecule is Cc1ccnc2c1C(C=O)CC(c1ccsc1Cl)C2. The standard InChI is InChI=1S/C15H14ClNOS/c1-9-2-4-17-13-7-10(6-11(8-18)14(9)13)12-3-5-19-15(12)16/h2-5,8,10-11H,6-7H2,1H3. The lowest BCUT2D eigenvalue weighted by atomic mass is 9.76. The molecule has 2 unspecified atom stereocenters. The molecule has 4 heteroatoms. The van der Waals surface area contributed by atoms with Gasteiger partial charge in [0.15, 0.2) is 0 Å². The maximum Gasteiger partial charge on any atom is 0.127 e. The molecule has 1 aliphatic rings. The average molecular weight is 292 g/mol. The Morgan fingerprint density at radius 2 is 2.32 bits per heavy atom. The van der Waals surface area contributed by atoms with E-state index in [0.29, 0.717) is 5.92 Å². The number of aryl methyl sites for hydroxylation is 1. The lowest BCUT2D eigenvalue weighted by Crippen LogP contribution is -2.20. The van der Waals surface area contributed by atoms with E-state index < -0.39 is 0 Å². The van der Waals surface area contributed by atoms with Crippen LogP contribution in [-0.2, 0) is 11.2 Å². The molecule has 19 heavy (non-hydrogen) atoms. The van der Waals surface area contributed by atoms with Crippen molar-refractivity contribution in [1.29, 1.82) is 0 Å². The summed E-state index contributed by atoms with van der Waals surface area (Å²) in [4.78, 5) is 15.9. The van der Waals surface area contributed by atoms with Gasteiger partial charge in [0.05, 0.1) is 4.34 Å². The maximum atomic E-state index is 11.4. The van der Waals surface area contributed by atoms with Crippen molar-refractivity contribution in [1.82, 2.24) is 4.98 Å². The molecule has 0 saturated heterocycles. The summed E-state index contributed by atoms with van der Waals surface area (Å²) >= 11 is 7.78. The van der Waals surface area contributed by atoms with E-state index in [1.165, 1.54) is 0 Å². The molecule has 2 aromatic rings. The van der Waals surface area contributed by atoms with Crippen LogP contribution < -0.4 is 0 Å². The Labute approximate surface area is 121 Å². The Balaban J connectivity index is 2.03. The number of thiophene rings is 1. The Morgan fingerprint density at radius 3 is 3.00 bits per heavy atom. The first-order valence-electron chi connectivity index (χ1n) is 6.33. The molecule has 0 spiro atoms. The van der Waals surface area contributed by atoms with Crippen LogP contribution in [0.15, 0.2) is 23.7 Å². The molecule has 0 aromatic carbocycles. The highest BCUT2D eigenvalue weighted by molar-refractivity contribution is 7.14. The van der Waals surface area contributed by atoms with Crippen LogP contribution >= 0.6 is 22.9 Å². The number of nitrogens with zero attached hydrogens (tertiary/aromatic N) is 1.